The van der Waals surface area contributed by atoms with E-state index in [9.17, 15) is 0 Å². The Hall–Kier alpha value is -0.680. The molecule has 1 saturated carbocycles. The number of hydrogen-bond donors (Lipinski definition) is 1. The monoisotopic (exact) mass is 307 g/mol. The fourth-order valence-electron chi connectivity index (χ4n) is 2.09. The summed E-state index contributed by atoms with van der Waals surface area (Å²) in [6, 6.07) is 6.59. The van der Waals surface area contributed by atoms with E-state index in [1.54, 1.807) is 11.3 Å². The summed E-state index contributed by atoms with van der Waals surface area (Å²) in [5.74, 6) is 0.879. The van der Waals surface area contributed by atoms with Gasteiger partial charge in [-0.15, -0.1) is 22.7 Å². The topological polar surface area (TPSA) is 21.3 Å². The van der Waals surface area contributed by atoms with Gasteiger partial charge < -0.3 is 10.1 Å². The van der Waals surface area contributed by atoms with Crippen molar-refractivity contribution in [3.05, 3.63) is 33.8 Å². The van der Waals surface area contributed by atoms with Gasteiger partial charge in [0.15, 0.2) is 0 Å². The Morgan fingerprint density at radius 2 is 2.25 bits per heavy atom. The molecule has 108 valence electrons. The van der Waals surface area contributed by atoms with Crippen LogP contribution in [-0.4, -0.2) is 19.8 Å². The molecule has 2 aromatic heterocycles. The van der Waals surface area contributed by atoms with Crippen molar-refractivity contribution in [3.8, 4) is 10.4 Å². The van der Waals surface area contributed by atoms with Crippen LogP contribution in [0.5, 0.6) is 0 Å². The molecule has 2 nitrogen and oxygen atoms in total. The van der Waals surface area contributed by atoms with Crippen molar-refractivity contribution in [1.82, 2.24) is 5.32 Å². The molecule has 3 rings (SSSR count). The van der Waals surface area contributed by atoms with Gasteiger partial charge in [0.05, 0.1) is 0 Å². The lowest BCUT2D eigenvalue weighted by Crippen LogP contribution is -2.16. The summed E-state index contributed by atoms with van der Waals surface area (Å²) >= 11 is 3.65. The van der Waals surface area contributed by atoms with Gasteiger partial charge in [0.25, 0.3) is 0 Å². The second-order valence-corrected chi connectivity index (χ2v) is 7.27. The molecule has 0 saturated heterocycles. The van der Waals surface area contributed by atoms with Gasteiger partial charge in [0.2, 0.25) is 0 Å². The second kappa shape index (κ2) is 7.36. The van der Waals surface area contributed by atoms with E-state index in [-0.39, 0.29) is 0 Å². The highest BCUT2D eigenvalue weighted by atomic mass is 32.1. The first-order chi connectivity index (χ1) is 9.92. The lowest BCUT2D eigenvalue weighted by atomic mass is 10.2. The number of hydrogen-bond acceptors (Lipinski definition) is 4. The van der Waals surface area contributed by atoms with Gasteiger partial charge in [-0.25, -0.2) is 0 Å². The molecule has 1 fully saturated rings. The van der Waals surface area contributed by atoms with E-state index >= 15 is 0 Å². The maximum absolute atomic E-state index is 5.63. The van der Waals surface area contributed by atoms with Crippen molar-refractivity contribution >= 4 is 22.7 Å². The molecule has 4 heteroatoms. The van der Waals surface area contributed by atoms with E-state index in [1.165, 1.54) is 28.2 Å². The molecule has 0 aliphatic heterocycles. The van der Waals surface area contributed by atoms with Gasteiger partial charge in [0.1, 0.15) is 0 Å². The van der Waals surface area contributed by atoms with Crippen molar-refractivity contribution < 1.29 is 4.74 Å². The van der Waals surface area contributed by atoms with Gasteiger partial charge in [-0.1, -0.05) is 6.07 Å². The number of ether oxygens (including phenoxy) is 1. The van der Waals surface area contributed by atoms with E-state index < -0.39 is 0 Å². The zero-order chi connectivity index (χ0) is 13.6. The summed E-state index contributed by atoms with van der Waals surface area (Å²) < 4.78 is 5.63. The highest BCUT2D eigenvalue weighted by Crippen LogP contribution is 2.29. The van der Waals surface area contributed by atoms with Crippen LogP contribution in [0.25, 0.3) is 10.4 Å². The third-order valence-electron chi connectivity index (χ3n) is 3.45. The van der Waals surface area contributed by atoms with E-state index in [2.05, 4.69) is 34.3 Å². The molecule has 1 aliphatic carbocycles. The molecule has 0 atom stereocenters. The van der Waals surface area contributed by atoms with Crippen molar-refractivity contribution in [1.29, 1.82) is 0 Å². The molecular formula is C16H21NOS2. The minimum absolute atomic E-state index is 0.879. The first-order valence-electron chi connectivity index (χ1n) is 7.31. The fourth-order valence-corrected chi connectivity index (χ4v) is 3.73. The summed E-state index contributed by atoms with van der Waals surface area (Å²) in [6.07, 6.45) is 3.86. The summed E-state index contributed by atoms with van der Waals surface area (Å²) in [7, 11) is 0. The van der Waals surface area contributed by atoms with Crippen LogP contribution < -0.4 is 5.32 Å². The van der Waals surface area contributed by atoms with E-state index in [0.29, 0.717) is 0 Å². The average Bonchev–Trinajstić information content (AvgIpc) is 2.94. The van der Waals surface area contributed by atoms with Gasteiger partial charge in [-0.3, -0.25) is 0 Å². The molecule has 0 aromatic carbocycles. The van der Waals surface area contributed by atoms with Crippen LogP contribution in [0.15, 0.2) is 29.0 Å². The molecule has 0 unspecified atom stereocenters. The zero-order valence-corrected chi connectivity index (χ0v) is 13.3. The Kier molecular flexibility index (Phi) is 5.25. The summed E-state index contributed by atoms with van der Waals surface area (Å²) in [6.45, 7) is 3.89. The molecule has 20 heavy (non-hydrogen) atoms. The van der Waals surface area contributed by atoms with Gasteiger partial charge >= 0.3 is 0 Å². The Balaban J connectivity index is 1.30. The van der Waals surface area contributed by atoms with Crippen molar-refractivity contribution in [2.45, 2.75) is 25.8 Å². The van der Waals surface area contributed by atoms with Gasteiger partial charge in [0, 0.05) is 35.1 Å². The predicted octanol–water partition coefficient (Wildman–Crippen LogP) is 4.38. The maximum atomic E-state index is 5.63. The summed E-state index contributed by atoms with van der Waals surface area (Å²) in [4.78, 5) is 2.77. The third kappa shape index (κ3) is 4.42. The van der Waals surface area contributed by atoms with Crippen LogP contribution >= 0.6 is 22.7 Å². The quantitative estimate of drug-likeness (QED) is 0.694. The summed E-state index contributed by atoms with van der Waals surface area (Å²) in [5, 5.41) is 7.88. The van der Waals surface area contributed by atoms with Gasteiger partial charge in [-0.2, -0.15) is 0 Å². The number of rotatable bonds is 9. The predicted molar refractivity (Wildman–Crippen MR) is 87.5 cm³/mol. The smallest absolute Gasteiger partial charge is 0.0494 e. The highest BCUT2D eigenvalue weighted by molar-refractivity contribution is 7.14. The molecule has 1 aliphatic rings. The molecule has 0 radical (unpaired) electrons. The largest absolute Gasteiger partial charge is 0.381 e. The fraction of sp³-hybridized carbons (Fsp3) is 0.500. The van der Waals surface area contributed by atoms with Crippen LogP contribution in [-0.2, 0) is 11.3 Å². The second-order valence-electron chi connectivity index (χ2n) is 5.33. The lowest BCUT2D eigenvalue weighted by Gasteiger charge is -2.04. The molecule has 1 N–H and O–H groups in total. The lowest BCUT2D eigenvalue weighted by molar-refractivity contribution is 0.122. The molecule has 0 amide bonds. The Morgan fingerprint density at radius 3 is 3.05 bits per heavy atom. The van der Waals surface area contributed by atoms with Gasteiger partial charge in [-0.05, 0) is 54.6 Å². The van der Waals surface area contributed by atoms with E-state index in [4.69, 9.17) is 4.74 Å². The minimum atomic E-state index is 0.879. The van der Waals surface area contributed by atoms with Crippen molar-refractivity contribution in [2.75, 3.05) is 19.8 Å². The maximum Gasteiger partial charge on any atom is 0.0494 e. The standard InChI is InChI=1S/C16H21NOS2/c1-3-16(19-8-1)14-9-15(20-12-14)10-17-6-2-7-18-11-13-4-5-13/h1,3,8-9,12-13,17H,2,4-7,10-11H2. The normalized spacial score (nSPS) is 14.8. The summed E-state index contributed by atoms with van der Waals surface area (Å²) in [5.41, 5.74) is 1.36. The molecule has 2 aromatic rings. The number of thiophene rings is 2. The van der Waals surface area contributed by atoms with Crippen LogP contribution in [0.2, 0.25) is 0 Å². The number of nitrogens with one attached hydrogen (secondary N) is 1. The average molecular weight is 307 g/mol. The minimum Gasteiger partial charge on any atom is -0.381 e. The molecular weight excluding hydrogens is 286 g/mol. The zero-order valence-electron chi connectivity index (χ0n) is 11.6. The molecule has 2 heterocycles. The first-order valence-corrected chi connectivity index (χ1v) is 9.07. The van der Waals surface area contributed by atoms with E-state index in [1.807, 2.05) is 11.3 Å². The Labute approximate surface area is 128 Å². The SMILES string of the molecule is c1csc(-c2csc(CNCCCOCC3CC3)c2)c1. The third-order valence-corrected chi connectivity index (χ3v) is 5.31. The van der Waals surface area contributed by atoms with Crippen LogP contribution in [0.1, 0.15) is 24.1 Å². The first kappa shape index (κ1) is 14.3. The molecule has 0 spiro atoms. The van der Waals surface area contributed by atoms with Crippen LogP contribution in [0.4, 0.5) is 0 Å². The Bertz CT molecular complexity index is 502. The highest BCUT2D eigenvalue weighted by Gasteiger charge is 2.20. The molecule has 0 bridgehead atoms. The van der Waals surface area contributed by atoms with Crippen LogP contribution in [0, 0.1) is 5.92 Å². The Morgan fingerprint density at radius 1 is 1.30 bits per heavy atom. The van der Waals surface area contributed by atoms with Crippen molar-refractivity contribution in [2.24, 2.45) is 5.92 Å². The van der Waals surface area contributed by atoms with Crippen LogP contribution in [0.3, 0.4) is 0 Å². The van der Waals surface area contributed by atoms with Crippen molar-refractivity contribution in [3.63, 3.8) is 0 Å². The van der Waals surface area contributed by atoms with E-state index in [0.717, 1.165) is 38.6 Å².